The predicted octanol–water partition coefficient (Wildman–Crippen LogP) is 2.73. The summed E-state index contributed by atoms with van der Waals surface area (Å²) in [5.74, 6) is -0.135. The summed E-state index contributed by atoms with van der Waals surface area (Å²) in [6.07, 6.45) is 2.01. The quantitative estimate of drug-likeness (QED) is 0.826. The van der Waals surface area contributed by atoms with Crippen LogP contribution in [-0.2, 0) is 4.79 Å². The average Bonchev–Trinajstić information content (AvgIpc) is 2.93. The van der Waals surface area contributed by atoms with E-state index in [4.69, 9.17) is 5.11 Å². The van der Waals surface area contributed by atoms with Gasteiger partial charge in [0.05, 0.1) is 12.5 Å². The van der Waals surface area contributed by atoms with Crippen LogP contribution in [0.4, 0.5) is 0 Å². The van der Waals surface area contributed by atoms with Crippen LogP contribution in [0.1, 0.15) is 26.3 Å². The highest BCUT2D eigenvalue weighted by Gasteiger charge is 2.24. The molecule has 0 saturated carbocycles. The van der Waals surface area contributed by atoms with E-state index in [9.17, 15) is 4.79 Å². The first-order chi connectivity index (χ1) is 10.0. The molecule has 21 heavy (non-hydrogen) atoms. The number of carboxylic acid groups (broad SMARTS) is 1. The SMILES string of the molecule is CSc1ccc(-c2nnnn2C(CC(=O)O)C(C)C)cc1. The molecule has 0 aliphatic rings. The summed E-state index contributed by atoms with van der Waals surface area (Å²) in [6, 6.07) is 7.63. The van der Waals surface area contributed by atoms with Crippen LogP contribution >= 0.6 is 11.8 Å². The highest BCUT2D eigenvalue weighted by atomic mass is 32.2. The number of carboxylic acids is 1. The maximum absolute atomic E-state index is 11.1. The van der Waals surface area contributed by atoms with Crippen molar-refractivity contribution in [3.63, 3.8) is 0 Å². The van der Waals surface area contributed by atoms with Crippen LogP contribution in [0, 0.1) is 5.92 Å². The number of hydrogen-bond donors (Lipinski definition) is 1. The van der Waals surface area contributed by atoms with Gasteiger partial charge in [0.2, 0.25) is 0 Å². The molecule has 2 rings (SSSR count). The minimum absolute atomic E-state index is 0.00139. The molecule has 0 saturated heterocycles. The second kappa shape index (κ2) is 6.71. The van der Waals surface area contributed by atoms with Crippen molar-refractivity contribution in [1.29, 1.82) is 0 Å². The van der Waals surface area contributed by atoms with Gasteiger partial charge in [-0.25, -0.2) is 4.68 Å². The number of tetrazole rings is 1. The number of thioether (sulfide) groups is 1. The standard InChI is InChI=1S/C14H18N4O2S/c1-9(2)12(8-13(19)20)18-14(15-16-17-18)10-4-6-11(21-3)7-5-10/h4-7,9,12H,8H2,1-3H3,(H,19,20). The Morgan fingerprint density at radius 1 is 1.33 bits per heavy atom. The van der Waals surface area contributed by atoms with E-state index in [1.54, 1.807) is 16.4 Å². The van der Waals surface area contributed by atoms with Crippen molar-refractivity contribution < 1.29 is 9.90 Å². The fourth-order valence-electron chi connectivity index (χ4n) is 2.13. The maximum atomic E-state index is 11.1. The van der Waals surface area contributed by atoms with Crippen molar-refractivity contribution in [2.45, 2.75) is 31.2 Å². The lowest BCUT2D eigenvalue weighted by molar-refractivity contribution is -0.138. The number of aromatic nitrogens is 4. The van der Waals surface area contributed by atoms with Gasteiger partial charge in [-0.1, -0.05) is 26.0 Å². The van der Waals surface area contributed by atoms with Gasteiger partial charge < -0.3 is 5.11 Å². The van der Waals surface area contributed by atoms with Crippen LogP contribution in [0.2, 0.25) is 0 Å². The van der Waals surface area contributed by atoms with Crippen LogP contribution in [0.15, 0.2) is 29.2 Å². The first-order valence-corrected chi connectivity index (χ1v) is 7.89. The van der Waals surface area contributed by atoms with E-state index in [2.05, 4.69) is 15.5 Å². The first kappa shape index (κ1) is 15.5. The molecule has 0 bridgehead atoms. The summed E-state index contributed by atoms with van der Waals surface area (Å²) in [5.41, 5.74) is 0.883. The monoisotopic (exact) mass is 306 g/mol. The third-order valence-corrected chi connectivity index (χ3v) is 4.05. The van der Waals surface area contributed by atoms with Gasteiger partial charge in [-0.05, 0) is 34.7 Å². The fraction of sp³-hybridized carbons (Fsp3) is 0.429. The van der Waals surface area contributed by atoms with E-state index >= 15 is 0 Å². The van der Waals surface area contributed by atoms with Gasteiger partial charge in [0.15, 0.2) is 5.82 Å². The number of nitrogens with zero attached hydrogens (tertiary/aromatic N) is 4. The summed E-state index contributed by atoms with van der Waals surface area (Å²) in [7, 11) is 0. The molecule has 0 radical (unpaired) electrons. The van der Waals surface area contributed by atoms with E-state index in [1.807, 2.05) is 44.4 Å². The normalized spacial score (nSPS) is 12.6. The van der Waals surface area contributed by atoms with Gasteiger partial charge in [0.25, 0.3) is 0 Å². The minimum Gasteiger partial charge on any atom is -0.481 e. The topological polar surface area (TPSA) is 80.9 Å². The molecule has 1 aromatic heterocycles. The van der Waals surface area contributed by atoms with Gasteiger partial charge in [0, 0.05) is 10.5 Å². The Hall–Kier alpha value is -1.89. The van der Waals surface area contributed by atoms with Crippen molar-refractivity contribution >= 4 is 17.7 Å². The molecule has 1 unspecified atom stereocenters. The fourth-order valence-corrected chi connectivity index (χ4v) is 2.54. The van der Waals surface area contributed by atoms with Gasteiger partial charge in [-0.3, -0.25) is 4.79 Å². The van der Waals surface area contributed by atoms with Crippen LogP contribution in [-0.4, -0.2) is 37.5 Å². The number of aliphatic carboxylic acids is 1. The van der Waals surface area contributed by atoms with E-state index in [1.165, 1.54) is 0 Å². The number of hydrogen-bond acceptors (Lipinski definition) is 5. The molecule has 1 aromatic carbocycles. The molecule has 1 N–H and O–H groups in total. The Bertz CT molecular complexity index is 610. The number of rotatable bonds is 6. The summed E-state index contributed by atoms with van der Waals surface area (Å²) >= 11 is 1.66. The first-order valence-electron chi connectivity index (χ1n) is 6.67. The summed E-state index contributed by atoms with van der Waals surface area (Å²) in [4.78, 5) is 12.2. The molecule has 2 aromatic rings. The van der Waals surface area contributed by atoms with E-state index in [0.717, 1.165) is 10.5 Å². The van der Waals surface area contributed by atoms with Crippen LogP contribution < -0.4 is 0 Å². The van der Waals surface area contributed by atoms with E-state index in [-0.39, 0.29) is 18.4 Å². The molecule has 7 heteroatoms. The van der Waals surface area contributed by atoms with Crippen molar-refractivity contribution in [2.75, 3.05) is 6.26 Å². The lowest BCUT2D eigenvalue weighted by atomic mass is 10.0. The highest BCUT2D eigenvalue weighted by molar-refractivity contribution is 7.98. The van der Waals surface area contributed by atoms with Crippen molar-refractivity contribution in [3.05, 3.63) is 24.3 Å². The van der Waals surface area contributed by atoms with Gasteiger partial charge >= 0.3 is 5.97 Å². The zero-order chi connectivity index (χ0) is 15.4. The lowest BCUT2D eigenvalue weighted by Gasteiger charge is -2.20. The Labute approximate surface area is 127 Å². The van der Waals surface area contributed by atoms with Crippen molar-refractivity contribution in [1.82, 2.24) is 20.2 Å². The van der Waals surface area contributed by atoms with Crippen LogP contribution in [0.3, 0.4) is 0 Å². The van der Waals surface area contributed by atoms with Gasteiger partial charge in [0.1, 0.15) is 0 Å². The summed E-state index contributed by atoms with van der Waals surface area (Å²) in [6.45, 7) is 3.94. The Morgan fingerprint density at radius 3 is 2.52 bits per heavy atom. The maximum Gasteiger partial charge on any atom is 0.305 e. The molecular formula is C14H18N4O2S. The van der Waals surface area contributed by atoms with Crippen molar-refractivity contribution in [3.8, 4) is 11.4 Å². The molecule has 6 nitrogen and oxygen atoms in total. The molecule has 0 amide bonds. The summed E-state index contributed by atoms with van der Waals surface area (Å²) in [5, 5.41) is 20.8. The number of carbonyl (C=O) groups is 1. The Kier molecular flexibility index (Phi) is 4.95. The van der Waals surface area contributed by atoms with Gasteiger partial charge in [-0.15, -0.1) is 16.9 Å². The largest absolute Gasteiger partial charge is 0.481 e. The third-order valence-electron chi connectivity index (χ3n) is 3.31. The average molecular weight is 306 g/mol. The van der Waals surface area contributed by atoms with Crippen molar-refractivity contribution in [2.24, 2.45) is 5.92 Å². The predicted molar refractivity (Wildman–Crippen MR) is 81.2 cm³/mol. The lowest BCUT2D eigenvalue weighted by Crippen LogP contribution is -2.21. The smallest absolute Gasteiger partial charge is 0.305 e. The summed E-state index contributed by atoms with van der Waals surface area (Å²) < 4.78 is 1.62. The highest BCUT2D eigenvalue weighted by Crippen LogP contribution is 2.27. The molecule has 0 aliphatic carbocycles. The van der Waals surface area contributed by atoms with Crippen LogP contribution in [0.25, 0.3) is 11.4 Å². The van der Waals surface area contributed by atoms with E-state index < -0.39 is 5.97 Å². The zero-order valence-corrected chi connectivity index (χ0v) is 13.0. The molecule has 0 fully saturated rings. The number of benzene rings is 1. The molecule has 1 heterocycles. The molecule has 0 aliphatic heterocycles. The molecular weight excluding hydrogens is 288 g/mol. The zero-order valence-electron chi connectivity index (χ0n) is 12.2. The Morgan fingerprint density at radius 2 is 2.00 bits per heavy atom. The Balaban J connectivity index is 2.37. The van der Waals surface area contributed by atoms with E-state index in [0.29, 0.717) is 5.82 Å². The third kappa shape index (κ3) is 3.60. The molecule has 1 atom stereocenters. The van der Waals surface area contributed by atoms with Gasteiger partial charge in [-0.2, -0.15) is 0 Å². The minimum atomic E-state index is -0.854. The molecule has 112 valence electrons. The second-order valence-corrected chi connectivity index (χ2v) is 5.96. The molecule has 0 spiro atoms. The second-order valence-electron chi connectivity index (χ2n) is 5.08. The van der Waals surface area contributed by atoms with Crippen LogP contribution in [0.5, 0.6) is 0 Å².